The van der Waals surface area contributed by atoms with Gasteiger partial charge in [-0.15, -0.1) is 0 Å². The molecule has 1 N–H and O–H groups in total. The minimum Gasteiger partial charge on any atom is -0.477 e. The molecule has 2 amide bonds. The molecule has 0 aliphatic carbocycles. The van der Waals surface area contributed by atoms with E-state index in [0.29, 0.717) is 31.2 Å². The van der Waals surface area contributed by atoms with E-state index in [2.05, 4.69) is 10.3 Å². The van der Waals surface area contributed by atoms with Gasteiger partial charge in [-0.2, -0.15) is 0 Å². The number of pyridine rings is 1. The quantitative estimate of drug-likeness (QED) is 0.874. The summed E-state index contributed by atoms with van der Waals surface area (Å²) in [5.41, 5.74) is -0.651. The lowest BCUT2D eigenvalue weighted by Crippen LogP contribution is -2.58. The maximum absolute atomic E-state index is 12.7. The summed E-state index contributed by atoms with van der Waals surface area (Å²) in [6.07, 6.45) is 1.58. The molecule has 0 aromatic carbocycles. The maximum atomic E-state index is 12.7. The van der Waals surface area contributed by atoms with Crippen molar-refractivity contribution in [3.63, 3.8) is 0 Å². The van der Waals surface area contributed by atoms with E-state index in [1.54, 1.807) is 37.2 Å². The van der Waals surface area contributed by atoms with Crippen LogP contribution in [0.1, 0.15) is 24.2 Å². The smallest absolute Gasteiger partial charge is 0.259 e. The van der Waals surface area contributed by atoms with Crippen molar-refractivity contribution >= 4 is 11.8 Å². The van der Waals surface area contributed by atoms with Crippen LogP contribution in [0.2, 0.25) is 0 Å². The van der Waals surface area contributed by atoms with E-state index < -0.39 is 5.60 Å². The molecule has 1 atom stereocenters. The zero-order valence-corrected chi connectivity index (χ0v) is 13.1. The predicted octanol–water partition coefficient (Wildman–Crippen LogP) is 0.457. The third kappa shape index (κ3) is 3.19. The van der Waals surface area contributed by atoms with Crippen LogP contribution < -0.4 is 10.1 Å². The van der Waals surface area contributed by atoms with E-state index >= 15 is 0 Å². The van der Waals surface area contributed by atoms with Crippen molar-refractivity contribution in [2.24, 2.45) is 0 Å². The number of rotatable bonds is 4. The fourth-order valence-corrected chi connectivity index (χ4v) is 2.42. The van der Waals surface area contributed by atoms with Crippen LogP contribution in [0.25, 0.3) is 0 Å². The second-order valence-corrected chi connectivity index (χ2v) is 5.17. The molecule has 1 aromatic rings. The predicted molar refractivity (Wildman–Crippen MR) is 79.7 cm³/mol. The first kappa shape index (κ1) is 16.2. The van der Waals surface area contributed by atoms with Gasteiger partial charge in [-0.05, 0) is 26.0 Å². The summed E-state index contributed by atoms with van der Waals surface area (Å²) in [5, 5.41) is 2.57. The molecule has 1 aromatic heterocycles. The van der Waals surface area contributed by atoms with Gasteiger partial charge in [0.15, 0.2) is 5.60 Å². The van der Waals surface area contributed by atoms with Gasteiger partial charge in [0.1, 0.15) is 5.56 Å². The summed E-state index contributed by atoms with van der Waals surface area (Å²) in [7, 11) is 1.55. The van der Waals surface area contributed by atoms with Crippen LogP contribution >= 0.6 is 0 Å². The van der Waals surface area contributed by atoms with Crippen LogP contribution in [-0.4, -0.2) is 60.7 Å². The molecule has 1 unspecified atom stereocenters. The van der Waals surface area contributed by atoms with E-state index in [1.807, 2.05) is 6.92 Å². The molecule has 0 bridgehead atoms. The summed E-state index contributed by atoms with van der Waals surface area (Å²) in [4.78, 5) is 30.4. The highest BCUT2D eigenvalue weighted by molar-refractivity contribution is 5.97. The minimum atomic E-state index is -1.04. The molecule has 1 aliphatic heterocycles. The lowest BCUT2D eigenvalue weighted by Gasteiger charge is -2.39. The molecule has 7 nitrogen and oxygen atoms in total. The Kier molecular flexibility index (Phi) is 4.97. The van der Waals surface area contributed by atoms with Gasteiger partial charge in [0.2, 0.25) is 5.88 Å². The second kappa shape index (κ2) is 6.74. The van der Waals surface area contributed by atoms with Crippen molar-refractivity contribution in [1.82, 2.24) is 15.2 Å². The number of hydrogen-bond donors (Lipinski definition) is 1. The first-order valence-corrected chi connectivity index (χ1v) is 7.25. The van der Waals surface area contributed by atoms with Crippen LogP contribution in [-0.2, 0) is 9.53 Å². The van der Waals surface area contributed by atoms with E-state index in [9.17, 15) is 9.59 Å². The Balaban J connectivity index is 2.21. The number of carbonyl (C=O) groups is 2. The summed E-state index contributed by atoms with van der Waals surface area (Å²) in [6, 6.07) is 3.36. The van der Waals surface area contributed by atoms with Gasteiger partial charge in [-0.1, -0.05) is 0 Å². The third-order valence-electron chi connectivity index (χ3n) is 3.55. The largest absolute Gasteiger partial charge is 0.477 e. The Morgan fingerprint density at radius 1 is 1.55 bits per heavy atom. The van der Waals surface area contributed by atoms with Crippen molar-refractivity contribution in [1.29, 1.82) is 0 Å². The van der Waals surface area contributed by atoms with Gasteiger partial charge >= 0.3 is 0 Å². The first-order valence-electron chi connectivity index (χ1n) is 7.25. The minimum absolute atomic E-state index is 0.186. The van der Waals surface area contributed by atoms with Gasteiger partial charge in [0.25, 0.3) is 11.8 Å². The normalized spacial score (nSPS) is 21.3. The van der Waals surface area contributed by atoms with Gasteiger partial charge in [0, 0.05) is 19.8 Å². The van der Waals surface area contributed by atoms with E-state index in [0.717, 1.165) is 0 Å². The highest BCUT2D eigenvalue weighted by atomic mass is 16.5. The van der Waals surface area contributed by atoms with Crippen molar-refractivity contribution in [3.05, 3.63) is 23.9 Å². The zero-order chi connectivity index (χ0) is 16.2. The van der Waals surface area contributed by atoms with Crippen LogP contribution in [0.15, 0.2) is 18.3 Å². The van der Waals surface area contributed by atoms with Crippen LogP contribution in [0, 0.1) is 0 Å². The van der Waals surface area contributed by atoms with Crippen LogP contribution in [0.5, 0.6) is 5.88 Å². The van der Waals surface area contributed by atoms with Crippen LogP contribution in [0.3, 0.4) is 0 Å². The van der Waals surface area contributed by atoms with E-state index in [4.69, 9.17) is 9.47 Å². The number of amides is 2. The number of nitrogens with one attached hydrogen (secondary N) is 1. The molecular weight excluding hydrogens is 286 g/mol. The van der Waals surface area contributed by atoms with Crippen molar-refractivity contribution in [2.45, 2.75) is 19.4 Å². The summed E-state index contributed by atoms with van der Waals surface area (Å²) >= 11 is 0. The molecule has 1 saturated heterocycles. The number of hydrogen-bond acceptors (Lipinski definition) is 5. The summed E-state index contributed by atoms with van der Waals surface area (Å²) in [5.74, 6) is -0.153. The fraction of sp³-hybridized carbons (Fsp3) is 0.533. The van der Waals surface area contributed by atoms with Gasteiger partial charge in [0.05, 0.1) is 19.8 Å². The van der Waals surface area contributed by atoms with Crippen molar-refractivity contribution in [2.75, 3.05) is 33.4 Å². The number of aromatic nitrogens is 1. The lowest BCUT2D eigenvalue weighted by molar-refractivity contribution is -0.153. The zero-order valence-electron chi connectivity index (χ0n) is 13.1. The molecular formula is C15H21N3O4. The molecule has 0 saturated carbocycles. The van der Waals surface area contributed by atoms with E-state index in [1.165, 1.54) is 0 Å². The Morgan fingerprint density at radius 2 is 2.32 bits per heavy atom. The third-order valence-corrected chi connectivity index (χ3v) is 3.55. The van der Waals surface area contributed by atoms with Gasteiger partial charge in [-0.3, -0.25) is 9.59 Å². The van der Waals surface area contributed by atoms with Crippen molar-refractivity contribution < 1.29 is 19.1 Å². The number of likely N-dealkylation sites (N-methyl/N-ethyl adjacent to an activating group) is 1. The highest BCUT2D eigenvalue weighted by Crippen LogP contribution is 2.22. The molecule has 120 valence electrons. The molecule has 0 radical (unpaired) electrons. The lowest BCUT2D eigenvalue weighted by atomic mass is 10.0. The first-order chi connectivity index (χ1) is 10.5. The number of ether oxygens (including phenoxy) is 2. The van der Waals surface area contributed by atoms with E-state index in [-0.39, 0.29) is 18.4 Å². The monoisotopic (exact) mass is 307 g/mol. The Bertz CT molecular complexity index is 563. The maximum Gasteiger partial charge on any atom is 0.259 e. The number of morpholine rings is 1. The van der Waals surface area contributed by atoms with Crippen LogP contribution in [0.4, 0.5) is 0 Å². The number of carbonyl (C=O) groups excluding carboxylic acids is 2. The average Bonchev–Trinajstić information content (AvgIpc) is 2.54. The standard InChI is InChI=1S/C15H21N3O4/c1-4-21-12-11(6-5-7-17-12)13(19)18-8-9-22-15(2,10-18)14(20)16-3/h5-7H,4,8-10H2,1-3H3,(H,16,20). The number of nitrogens with zero attached hydrogens (tertiary/aromatic N) is 2. The Morgan fingerprint density at radius 3 is 3.00 bits per heavy atom. The molecule has 22 heavy (non-hydrogen) atoms. The molecule has 0 spiro atoms. The highest BCUT2D eigenvalue weighted by Gasteiger charge is 2.40. The molecule has 2 heterocycles. The SMILES string of the molecule is CCOc1ncccc1C(=O)N1CCOC(C)(C(=O)NC)C1. The summed E-state index contributed by atoms with van der Waals surface area (Å²) < 4.78 is 11.0. The average molecular weight is 307 g/mol. The molecule has 1 aliphatic rings. The molecule has 1 fully saturated rings. The second-order valence-electron chi connectivity index (χ2n) is 5.17. The van der Waals surface area contributed by atoms with Crippen molar-refractivity contribution in [3.8, 4) is 5.88 Å². The van der Waals surface area contributed by atoms with Gasteiger partial charge < -0.3 is 19.7 Å². The Hall–Kier alpha value is -2.15. The Labute approximate surface area is 129 Å². The molecule has 7 heteroatoms. The molecule has 2 rings (SSSR count). The topological polar surface area (TPSA) is 80.8 Å². The summed E-state index contributed by atoms with van der Waals surface area (Å²) in [6.45, 7) is 4.85. The fourth-order valence-electron chi connectivity index (χ4n) is 2.42. The van der Waals surface area contributed by atoms with Gasteiger partial charge in [-0.25, -0.2) is 4.98 Å².